The normalized spacial score (nSPS) is 19.0. The molecule has 2 aliphatic heterocycles. The third kappa shape index (κ3) is 6.71. The minimum absolute atomic E-state index is 0.285. The largest absolute Gasteiger partial charge is 0.488 e. The second-order valence-electron chi connectivity index (χ2n) is 11.7. The summed E-state index contributed by atoms with van der Waals surface area (Å²) in [6.45, 7) is 8.47. The fourth-order valence-electron chi connectivity index (χ4n) is 5.35. The Morgan fingerprint density at radius 1 is 1.15 bits per heavy atom. The van der Waals surface area contributed by atoms with Gasteiger partial charge in [0.05, 0.1) is 33.2 Å². The van der Waals surface area contributed by atoms with E-state index in [1.165, 1.54) is 18.5 Å². The first kappa shape index (κ1) is 28.3. The van der Waals surface area contributed by atoms with E-state index < -0.39 is 21.1 Å². The number of ether oxygens (including phenoxy) is 2. The number of likely N-dealkylation sites (tertiary alicyclic amines) is 1. The van der Waals surface area contributed by atoms with Crippen LogP contribution in [0.25, 0.3) is 10.9 Å². The third-order valence-corrected chi connectivity index (χ3v) is 9.55. The number of aromatic nitrogens is 2. The number of benzene rings is 2. The van der Waals surface area contributed by atoms with Gasteiger partial charge < -0.3 is 14.4 Å². The Kier molecular flexibility index (Phi) is 7.99. The van der Waals surface area contributed by atoms with Crippen molar-refractivity contribution in [1.82, 2.24) is 14.9 Å². The second-order valence-corrected chi connectivity index (χ2v) is 14.2. The molecule has 40 heavy (non-hydrogen) atoms. The molecule has 0 radical (unpaired) electrons. The molecular weight excluding hydrogens is 531 g/mol. The lowest BCUT2D eigenvalue weighted by atomic mass is 10.0. The number of amides is 1. The molecule has 2 saturated heterocycles. The summed E-state index contributed by atoms with van der Waals surface area (Å²) >= 11 is 0. The molecule has 10 heteroatoms. The van der Waals surface area contributed by atoms with E-state index in [0.29, 0.717) is 42.5 Å². The van der Waals surface area contributed by atoms with E-state index >= 15 is 0 Å². The zero-order valence-corrected chi connectivity index (χ0v) is 24.4. The molecule has 0 spiro atoms. The van der Waals surface area contributed by atoms with Crippen LogP contribution in [0.15, 0.2) is 41.0 Å². The number of nitrogens with zero attached hydrogens (tertiary/aromatic N) is 4. The maximum Gasteiger partial charge on any atom is 0.410 e. The van der Waals surface area contributed by atoms with E-state index in [2.05, 4.69) is 14.3 Å². The van der Waals surface area contributed by atoms with Crippen molar-refractivity contribution < 1.29 is 22.9 Å². The predicted octanol–water partition coefficient (Wildman–Crippen LogP) is 6.34. The van der Waals surface area contributed by atoms with Gasteiger partial charge >= 0.3 is 6.09 Å². The van der Waals surface area contributed by atoms with Gasteiger partial charge in [-0.25, -0.2) is 23.4 Å². The molecule has 0 unspecified atom stereocenters. The molecule has 3 heterocycles. The minimum atomic E-state index is -2.20. The lowest BCUT2D eigenvalue weighted by Crippen LogP contribution is -2.46. The number of carbonyl (C=O) groups is 1. The van der Waals surface area contributed by atoms with Gasteiger partial charge in [0.2, 0.25) is 0 Å². The zero-order chi connectivity index (χ0) is 28.5. The van der Waals surface area contributed by atoms with Crippen LogP contribution in [-0.4, -0.2) is 61.5 Å². The summed E-state index contributed by atoms with van der Waals surface area (Å²) in [6, 6.07) is 8.34. The van der Waals surface area contributed by atoms with Crippen molar-refractivity contribution in [2.75, 3.05) is 24.6 Å². The molecule has 1 aromatic heterocycles. The molecule has 0 saturated carbocycles. The van der Waals surface area contributed by atoms with Gasteiger partial charge in [-0.05, 0) is 77.1 Å². The number of hydrogen-bond donors (Lipinski definition) is 0. The summed E-state index contributed by atoms with van der Waals surface area (Å²) in [6.07, 6.45) is 4.68. The summed E-state index contributed by atoms with van der Waals surface area (Å²) in [5, 5.41) is 0.895. The molecule has 1 atom stereocenters. The van der Waals surface area contributed by atoms with Crippen molar-refractivity contribution in [2.45, 2.75) is 71.5 Å². The highest BCUT2D eigenvalue weighted by Crippen LogP contribution is 2.32. The quantitative estimate of drug-likeness (QED) is 0.357. The van der Waals surface area contributed by atoms with Crippen molar-refractivity contribution >= 4 is 32.4 Å². The molecule has 2 aliphatic rings. The fourth-order valence-corrected chi connectivity index (χ4v) is 7.54. The number of hydrogen-bond acceptors (Lipinski definition) is 7. The Morgan fingerprint density at radius 2 is 1.93 bits per heavy atom. The number of rotatable bonds is 5. The zero-order valence-electron chi connectivity index (χ0n) is 23.6. The highest BCUT2D eigenvalue weighted by molar-refractivity contribution is 7.93. The smallest absolute Gasteiger partial charge is 0.410 e. The highest BCUT2D eigenvalue weighted by atomic mass is 32.2. The van der Waals surface area contributed by atoms with Crippen LogP contribution in [0.1, 0.15) is 63.3 Å². The Bertz CT molecular complexity index is 1530. The van der Waals surface area contributed by atoms with Crippen LogP contribution in [0.5, 0.6) is 5.75 Å². The maximum absolute atomic E-state index is 14.4. The molecule has 0 aliphatic carbocycles. The minimum Gasteiger partial charge on any atom is -0.488 e. The molecule has 214 valence electrons. The SMILES string of the molecule is Cc1cc(N=S2(=O)CCCC2)cc2ncnc(Cc3ccc(F)cc3O[C@@H]3CCCN(C(=O)OC(C)(C)C)C3)c12. The Hall–Kier alpha value is -3.27. The van der Waals surface area contributed by atoms with E-state index in [1.54, 1.807) is 11.0 Å². The van der Waals surface area contributed by atoms with E-state index in [0.717, 1.165) is 53.4 Å². The van der Waals surface area contributed by atoms with Crippen molar-refractivity contribution in [3.05, 3.63) is 59.3 Å². The van der Waals surface area contributed by atoms with Crippen LogP contribution in [0.4, 0.5) is 14.9 Å². The van der Waals surface area contributed by atoms with E-state index in [1.807, 2.05) is 39.8 Å². The number of piperidine rings is 1. The topological polar surface area (TPSA) is 94.0 Å². The van der Waals surface area contributed by atoms with Crippen LogP contribution < -0.4 is 4.74 Å². The molecule has 0 bridgehead atoms. The molecule has 1 amide bonds. The Balaban J connectivity index is 1.39. The number of fused-ring (bicyclic) bond motifs is 1. The molecule has 2 aromatic carbocycles. The average Bonchev–Trinajstić information content (AvgIpc) is 3.30. The van der Waals surface area contributed by atoms with Gasteiger partial charge in [-0.3, -0.25) is 0 Å². The Labute approximate surface area is 235 Å². The summed E-state index contributed by atoms with van der Waals surface area (Å²) in [7, 11) is -2.20. The second kappa shape index (κ2) is 11.3. The van der Waals surface area contributed by atoms with Gasteiger partial charge in [-0.1, -0.05) is 6.07 Å². The summed E-state index contributed by atoms with van der Waals surface area (Å²) < 4.78 is 43.8. The molecule has 2 fully saturated rings. The van der Waals surface area contributed by atoms with Gasteiger partial charge in [-0.2, -0.15) is 4.36 Å². The van der Waals surface area contributed by atoms with Crippen molar-refractivity contribution in [3.63, 3.8) is 0 Å². The number of carbonyl (C=O) groups excluding carboxylic acids is 1. The average molecular weight is 569 g/mol. The van der Waals surface area contributed by atoms with Crippen LogP contribution in [-0.2, 0) is 20.9 Å². The number of halogens is 1. The van der Waals surface area contributed by atoms with Crippen molar-refractivity contribution in [1.29, 1.82) is 0 Å². The van der Waals surface area contributed by atoms with Crippen molar-refractivity contribution in [3.8, 4) is 5.75 Å². The first-order valence-electron chi connectivity index (χ1n) is 13.9. The summed E-state index contributed by atoms with van der Waals surface area (Å²) in [4.78, 5) is 23.3. The van der Waals surface area contributed by atoms with E-state index in [9.17, 15) is 13.4 Å². The first-order valence-corrected chi connectivity index (χ1v) is 15.7. The summed E-state index contributed by atoms with van der Waals surface area (Å²) in [5.74, 6) is 1.33. The van der Waals surface area contributed by atoms with Gasteiger partial charge in [0.15, 0.2) is 0 Å². The lowest BCUT2D eigenvalue weighted by Gasteiger charge is -2.34. The first-order chi connectivity index (χ1) is 19.0. The fraction of sp³-hybridized carbons (Fsp3) is 0.500. The van der Waals surface area contributed by atoms with E-state index in [4.69, 9.17) is 9.47 Å². The molecule has 0 N–H and O–H groups in total. The third-order valence-electron chi connectivity index (χ3n) is 7.16. The van der Waals surface area contributed by atoms with Crippen LogP contribution in [0.3, 0.4) is 0 Å². The summed E-state index contributed by atoms with van der Waals surface area (Å²) in [5.41, 5.74) is 3.35. The predicted molar refractivity (Wildman–Crippen MR) is 154 cm³/mol. The molecular formula is C30H37FN4O4S. The molecule has 5 rings (SSSR count). The Morgan fingerprint density at radius 3 is 2.67 bits per heavy atom. The van der Waals surface area contributed by atoms with Gasteiger partial charge in [0.1, 0.15) is 29.6 Å². The van der Waals surface area contributed by atoms with Crippen LogP contribution >= 0.6 is 0 Å². The lowest BCUT2D eigenvalue weighted by molar-refractivity contribution is 0.00763. The van der Waals surface area contributed by atoms with E-state index in [-0.39, 0.29) is 12.2 Å². The molecule has 3 aromatic rings. The van der Waals surface area contributed by atoms with Crippen molar-refractivity contribution in [2.24, 2.45) is 4.36 Å². The van der Waals surface area contributed by atoms with Gasteiger partial charge in [0.25, 0.3) is 0 Å². The standard InChI is InChI=1S/C30H37FN4O4S/c1-20-14-23(34-40(37)12-5-6-13-40)17-26-28(20)25(32-19-33-26)15-21-9-10-22(31)16-27(21)38-24-8-7-11-35(18-24)29(36)39-30(2,3)4/h9-10,14,16-17,19,24H,5-8,11-13,15,18H2,1-4H3/t24-/m1/s1. The van der Waals surface area contributed by atoms with Gasteiger partial charge in [-0.15, -0.1) is 0 Å². The highest BCUT2D eigenvalue weighted by Gasteiger charge is 2.29. The van der Waals surface area contributed by atoms with Gasteiger partial charge in [0, 0.05) is 41.5 Å². The van der Waals surface area contributed by atoms with Crippen LogP contribution in [0.2, 0.25) is 0 Å². The monoisotopic (exact) mass is 568 g/mol. The number of aryl methyl sites for hydroxylation is 1. The molecule has 8 nitrogen and oxygen atoms in total. The van der Waals surface area contributed by atoms with Crippen LogP contribution in [0, 0.1) is 12.7 Å². The maximum atomic E-state index is 14.4.